The molecule has 1 spiro atoms. The number of piperidine rings is 1. The summed E-state index contributed by atoms with van der Waals surface area (Å²) in [6, 6.07) is 6.38. The fourth-order valence-corrected chi connectivity index (χ4v) is 4.86. The van der Waals surface area contributed by atoms with Crippen LogP contribution in [0.3, 0.4) is 0 Å². The molecule has 1 atom stereocenters. The molecule has 2 saturated heterocycles. The van der Waals surface area contributed by atoms with E-state index in [0.29, 0.717) is 11.1 Å². The van der Waals surface area contributed by atoms with Gasteiger partial charge in [-0.3, -0.25) is 0 Å². The van der Waals surface area contributed by atoms with E-state index >= 15 is 0 Å². The van der Waals surface area contributed by atoms with Gasteiger partial charge in [-0.2, -0.15) is 0 Å². The van der Waals surface area contributed by atoms with E-state index in [1.54, 1.807) is 6.20 Å². The van der Waals surface area contributed by atoms with Gasteiger partial charge in [0.15, 0.2) is 5.69 Å². The molecule has 0 bridgehead atoms. The minimum absolute atomic E-state index is 0.0306. The third kappa shape index (κ3) is 3.75. The van der Waals surface area contributed by atoms with E-state index < -0.39 is 5.97 Å². The molecular weight excluding hydrogens is 388 g/mol. The molecule has 7 heteroatoms. The minimum Gasteiger partial charge on any atom is -0.476 e. The number of hydrogen-bond acceptors (Lipinski definition) is 5. The summed E-state index contributed by atoms with van der Waals surface area (Å²) in [5.41, 5.74) is 2.08. The lowest BCUT2D eigenvalue weighted by Crippen LogP contribution is -2.42. The number of aromatic carboxylic acids is 1. The van der Waals surface area contributed by atoms with Crippen molar-refractivity contribution in [3.05, 3.63) is 46.9 Å². The first-order valence-corrected chi connectivity index (χ1v) is 10.1. The van der Waals surface area contributed by atoms with Crippen molar-refractivity contribution in [3.63, 3.8) is 0 Å². The molecule has 6 nitrogen and oxygen atoms in total. The molecule has 150 valence electrons. The molecule has 2 aliphatic rings. The van der Waals surface area contributed by atoms with E-state index in [9.17, 15) is 4.79 Å². The molecule has 2 aromatic rings. The lowest BCUT2D eigenvalue weighted by atomic mass is 9.77. The molecule has 0 saturated carbocycles. The third-order valence-corrected chi connectivity index (χ3v) is 6.52. The van der Waals surface area contributed by atoms with Crippen molar-refractivity contribution in [1.29, 1.82) is 0 Å². The molecule has 1 N–H and O–H groups in total. The van der Waals surface area contributed by atoms with Gasteiger partial charge >= 0.3 is 5.97 Å². The zero-order valence-electron chi connectivity index (χ0n) is 16.3. The first-order chi connectivity index (χ1) is 13.9. The molecular formula is C22H23ClN4O2. The molecule has 29 heavy (non-hydrogen) atoms. The largest absolute Gasteiger partial charge is 0.476 e. The van der Waals surface area contributed by atoms with E-state index in [0.717, 1.165) is 56.0 Å². The predicted octanol–water partition coefficient (Wildman–Crippen LogP) is 3.69. The molecule has 1 aromatic heterocycles. The van der Waals surface area contributed by atoms with Crippen LogP contribution in [0.4, 0.5) is 11.5 Å². The number of hydrogen-bond donors (Lipinski definition) is 1. The highest BCUT2D eigenvalue weighted by atomic mass is 35.5. The maximum atomic E-state index is 11.0. The number of aromatic nitrogens is 2. The van der Waals surface area contributed by atoms with Gasteiger partial charge < -0.3 is 14.9 Å². The number of terminal acetylenes is 1. The Bertz CT molecular complexity index is 962. The van der Waals surface area contributed by atoms with E-state index in [2.05, 4.69) is 38.7 Å². The van der Waals surface area contributed by atoms with Gasteiger partial charge in [-0.1, -0.05) is 17.5 Å². The van der Waals surface area contributed by atoms with Crippen LogP contribution in [0.2, 0.25) is 5.02 Å². The molecule has 1 aromatic carbocycles. The highest BCUT2D eigenvalue weighted by molar-refractivity contribution is 6.32. The van der Waals surface area contributed by atoms with Gasteiger partial charge in [0.2, 0.25) is 0 Å². The van der Waals surface area contributed by atoms with Crippen molar-refractivity contribution in [2.75, 3.05) is 29.4 Å². The second-order valence-electron chi connectivity index (χ2n) is 8.04. The van der Waals surface area contributed by atoms with Crippen molar-refractivity contribution in [3.8, 4) is 12.3 Å². The molecule has 2 fully saturated rings. The first kappa shape index (κ1) is 19.5. The maximum Gasteiger partial charge on any atom is 0.356 e. The van der Waals surface area contributed by atoms with E-state index in [1.165, 1.54) is 6.20 Å². The van der Waals surface area contributed by atoms with Gasteiger partial charge in [0.05, 0.1) is 17.4 Å². The molecule has 0 amide bonds. The summed E-state index contributed by atoms with van der Waals surface area (Å²) >= 11 is 6.33. The van der Waals surface area contributed by atoms with Crippen LogP contribution in [0.5, 0.6) is 0 Å². The summed E-state index contributed by atoms with van der Waals surface area (Å²) in [4.78, 5) is 23.9. The molecule has 2 aliphatic heterocycles. The highest BCUT2D eigenvalue weighted by Crippen LogP contribution is 2.45. The summed E-state index contributed by atoms with van der Waals surface area (Å²) in [7, 11) is 0. The minimum atomic E-state index is -1.06. The van der Waals surface area contributed by atoms with Crippen LogP contribution in [0.15, 0.2) is 30.6 Å². The highest BCUT2D eigenvalue weighted by Gasteiger charge is 2.44. The number of carboxylic acid groups (broad SMARTS) is 1. The lowest BCUT2D eigenvalue weighted by molar-refractivity contribution is 0.0690. The van der Waals surface area contributed by atoms with Crippen molar-refractivity contribution >= 4 is 29.1 Å². The Labute approximate surface area is 175 Å². The smallest absolute Gasteiger partial charge is 0.356 e. The first-order valence-electron chi connectivity index (χ1n) is 9.74. The Morgan fingerprint density at radius 1 is 1.31 bits per heavy atom. The standard InChI is InChI=1S/C22H23ClN4O2/c1-3-16-4-5-17(10-18(16)23)27-14-22(11-15(27)2)6-8-26(9-7-22)20-13-24-19(12-25-20)21(28)29/h1,4-5,10,12-13,15H,6-9,11,14H2,2H3,(H,28,29)/t15-/m0/s1. The molecule has 0 radical (unpaired) electrons. The van der Waals surface area contributed by atoms with Gasteiger partial charge in [-0.15, -0.1) is 6.42 Å². The number of anilines is 2. The maximum absolute atomic E-state index is 11.0. The third-order valence-electron chi connectivity index (χ3n) is 6.21. The van der Waals surface area contributed by atoms with Crippen molar-refractivity contribution < 1.29 is 9.90 Å². The Morgan fingerprint density at radius 3 is 2.66 bits per heavy atom. The van der Waals surface area contributed by atoms with Crippen LogP contribution in [-0.2, 0) is 0 Å². The van der Waals surface area contributed by atoms with Gasteiger partial charge in [-0.25, -0.2) is 14.8 Å². The van der Waals surface area contributed by atoms with Gasteiger partial charge in [0.1, 0.15) is 5.82 Å². The Kier molecular flexibility index (Phi) is 5.10. The monoisotopic (exact) mass is 410 g/mol. The zero-order valence-corrected chi connectivity index (χ0v) is 17.1. The van der Waals surface area contributed by atoms with E-state index in [1.807, 2.05) is 12.1 Å². The average Bonchev–Trinajstić information content (AvgIpc) is 3.04. The molecule has 0 unspecified atom stereocenters. The van der Waals surface area contributed by atoms with Crippen LogP contribution < -0.4 is 9.80 Å². The fraction of sp³-hybridized carbons (Fsp3) is 0.409. The number of benzene rings is 1. The quantitative estimate of drug-likeness (QED) is 0.778. The summed E-state index contributed by atoms with van der Waals surface area (Å²) in [5, 5.41) is 9.60. The zero-order chi connectivity index (χ0) is 20.6. The van der Waals surface area contributed by atoms with Gasteiger partial charge in [0.25, 0.3) is 0 Å². The van der Waals surface area contributed by atoms with Crippen LogP contribution >= 0.6 is 11.6 Å². The average molecular weight is 411 g/mol. The van der Waals surface area contributed by atoms with Gasteiger partial charge in [-0.05, 0) is 49.8 Å². The summed E-state index contributed by atoms with van der Waals surface area (Å²) in [6.07, 6.45) is 11.6. The van der Waals surface area contributed by atoms with Crippen LogP contribution in [-0.4, -0.2) is 46.7 Å². The Hall–Kier alpha value is -2.78. The molecule has 4 rings (SSSR count). The van der Waals surface area contributed by atoms with Crippen LogP contribution in [0.25, 0.3) is 0 Å². The summed E-state index contributed by atoms with van der Waals surface area (Å²) < 4.78 is 0. The number of halogens is 1. The van der Waals surface area contributed by atoms with Crippen molar-refractivity contribution in [2.45, 2.75) is 32.2 Å². The normalized spacial score (nSPS) is 20.7. The second kappa shape index (κ2) is 7.57. The number of carbonyl (C=O) groups is 1. The molecule has 3 heterocycles. The predicted molar refractivity (Wildman–Crippen MR) is 114 cm³/mol. The summed E-state index contributed by atoms with van der Waals surface area (Å²) in [5.74, 6) is 2.29. The topological polar surface area (TPSA) is 69.6 Å². The van der Waals surface area contributed by atoms with Crippen molar-refractivity contribution in [2.24, 2.45) is 5.41 Å². The Balaban J connectivity index is 1.44. The summed E-state index contributed by atoms with van der Waals surface area (Å²) in [6.45, 7) is 5.04. The Morgan fingerprint density at radius 2 is 2.07 bits per heavy atom. The SMILES string of the molecule is C#Cc1ccc(N2CC3(CCN(c4cnc(C(=O)O)cn4)CC3)C[C@@H]2C)cc1Cl. The van der Waals surface area contributed by atoms with Crippen molar-refractivity contribution in [1.82, 2.24) is 9.97 Å². The number of carboxylic acids is 1. The lowest BCUT2D eigenvalue weighted by Gasteiger charge is -2.39. The van der Waals surface area contributed by atoms with Gasteiger partial charge in [0, 0.05) is 36.9 Å². The number of nitrogens with zero attached hydrogens (tertiary/aromatic N) is 4. The number of rotatable bonds is 3. The van der Waals surface area contributed by atoms with E-state index in [-0.39, 0.29) is 11.1 Å². The second-order valence-corrected chi connectivity index (χ2v) is 8.45. The fourth-order valence-electron chi connectivity index (χ4n) is 4.63. The van der Waals surface area contributed by atoms with E-state index in [4.69, 9.17) is 23.1 Å². The molecule has 0 aliphatic carbocycles. The van der Waals surface area contributed by atoms with Crippen LogP contribution in [0, 0.1) is 17.8 Å². The van der Waals surface area contributed by atoms with Crippen LogP contribution in [0.1, 0.15) is 42.2 Å².